The van der Waals surface area contributed by atoms with E-state index in [0.29, 0.717) is 6.54 Å². The summed E-state index contributed by atoms with van der Waals surface area (Å²) < 4.78 is 5.18. The Morgan fingerprint density at radius 3 is 2.59 bits per heavy atom. The highest BCUT2D eigenvalue weighted by molar-refractivity contribution is 5.99. The zero-order chi connectivity index (χ0) is 15.5. The van der Waals surface area contributed by atoms with E-state index in [-0.39, 0.29) is 11.9 Å². The Labute approximate surface area is 130 Å². The Kier molecular flexibility index (Phi) is 3.96. The third kappa shape index (κ3) is 2.50. The zero-order valence-corrected chi connectivity index (χ0v) is 12.7. The summed E-state index contributed by atoms with van der Waals surface area (Å²) in [6, 6.07) is 15.8. The summed E-state index contributed by atoms with van der Waals surface area (Å²) in [6.45, 7) is 4.43. The standard InChI is InChI=1S/C19H19NO2/c1-3-6-18-16-7-4-5-8-17(16)19(21)20(18)13-14-9-11-15(22-2)12-10-14/h3-5,7-12,18H,1,6,13H2,2H3. The molecule has 1 aliphatic rings. The number of carbonyl (C=O) groups is 1. The van der Waals surface area contributed by atoms with Crippen LogP contribution in [0.2, 0.25) is 0 Å². The van der Waals surface area contributed by atoms with Crippen LogP contribution < -0.4 is 4.74 Å². The quantitative estimate of drug-likeness (QED) is 0.781. The average molecular weight is 293 g/mol. The molecule has 0 bridgehead atoms. The number of fused-ring (bicyclic) bond motifs is 1. The van der Waals surface area contributed by atoms with E-state index in [2.05, 4.69) is 6.58 Å². The second kappa shape index (κ2) is 6.06. The predicted molar refractivity (Wildman–Crippen MR) is 86.9 cm³/mol. The van der Waals surface area contributed by atoms with Gasteiger partial charge in [-0.25, -0.2) is 0 Å². The minimum absolute atomic E-state index is 0.0725. The molecule has 1 amide bonds. The van der Waals surface area contributed by atoms with Crippen LogP contribution in [0.15, 0.2) is 61.2 Å². The minimum Gasteiger partial charge on any atom is -0.497 e. The Bertz CT molecular complexity index is 691. The smallest absolute Gasteiger partial charge is 0.255 e. The molecule has 0 radical (unpaired) electrons. The predicted octanol–water partition coefficient (Wildman–Crippen LogP) is 3.97. The van der Waals surface area contributed by atoms with Crippen molar-refractivity contribution < 1.29 is 9.53 Å². The summed E-state index contributed by atoms with van der Waals surface area (Å²) in [5, 5.41) is 0. The van der Waals surface area contributed by atoms with Gasteiger partial charge in [0.15, 0.2) is 0 Å². The maximum absolute atomic E-state index is 12.7. The number of hydrogen-bond donors (Lipinski definition) is 0. The molecule has 1 aliphatic heterocycles. The Balaban J connectivity index is 1.88. The van der Waals surface area contributed by atoms with Crippen molar-refractivity contribution in [1.82, 2.24) is 4.90 Å². The van der Waals surface area contributed by atoms with Gasteiger partial charge in [-0.1, -0.05) is 36.4 Å². The maximum Gasteiger partial charge on any atom is 0.255 e. The van der Waals surface area contributed by atoms with Crippen LogP contribution in [0.4, 0.5) is 0 Å². The monoisotopic (exact) mass is 293 g/mol. The molecule has 1 unspecified atom stereocenters. The second-order valence-electron chi connectivity index (χ2n) is 5.41. The molecule has 0 saturated carbocycles. The Morgan fingerprint density at radius 2 is 1.91 bits per heavy atom. The number of rotatable bonds is 5. The molecular formula is C19H19NO2. The van der Waals surface area contributed by atoms with Crippen LogP contribution in [-0.4, -0.2) is 17.9 Å². The van der Waals surface area contributed by atoms with E-state index in [1.165, 1.54) is 0 Å². The van der Waals surface area contributed by atoms with Crippen LogP contribution in [0.25, 0.3) is 0 Å². The first-order valence-electron chi connectivity index (χ1n) is 7.38. The lowest BCUT2D eigenvalue weighted by atomic mass is 10.0. The molecule has 0 aliphatic carbocycles. The second-order valence-corrected chi connectivity index (χ2v) is 5.41. The first kappa shape index (κ1) is 14.4. The molecule has 112 valence electrons. The molecule has 1 atom stereocenters. The van der Waals surface area contributed by atoms with Crippen LogP contribution in [-0.2, 0) is 6.54 Å². The average Bonchev–Trinajstić information content (AvgIpc) is 2.82. The van der Waals surface area contributed by atoms with Crippen molar-refractivity contribution in [3.05, 3.63) is 77.9 Å². The number of ether oxygens (including phenoxy) is 1. The van der Waals surface area contributed by atoms with Crippen LogP contribution in [0.5, 0.6) is 5.75 Å². The van der Waals surface area contributed by atoms with Crippen LogP contribution in [0.3, 0.4) is 0 Å². The van der Waals surface area contributed by atoms with Crippen molar-refractivity contribution >= 4 is 5.91 Å². The van der Waals surface area contributed by atoms with Crippen molar-refractivity contribution in [2.24, 2.45) is 0 Å². The largest absolute Gasteiger partial charge is 0.497 e. The molecule has 3 rings (SSSR count). The number of amides is 1. The van der Waals surface area contributed by atoms with Gasteiger partial charge in [0, 0.05) is 12.1 Å². The van der Waals surface area contributed by atoms with Crippen molar-refractivity contribution in [1.29, 1.82) is 0 Å². The first-order chi connectivity index (χ1) is 10.7. The van der Waals surface area contributed by atoms with Gasteiger partial charge in [0.25, 0.3) is 5.91 Å². The Morgan fingerprint density at radius 1 is 1.18 bits per heavy atom. The van der Waals surface area contributed by atoms with Crippen LogP contribution >= 0.6 is 0 Å². The molecule has 1 heterocycles. The molecule has 0 aromatic heterocycles. The molecule has 2 aromatic rings. The summed E-state index contributed by atoms with van der Waals surface area (Å²) in [5.74, 6) is 0.917. The normalized spacial score (nSPS) is 16.5. The lowest BCUT2D eigenvalue weighted by Crippen LogP contribution is -2.27. The van der Waals surface area contributed by atoms with Gasteiger partial charge in [0.1, 0.15) is 5.75 Å². The molecule has 0 saturated heterocycles. The molecular weight excluding hydrogens is 274 g/mol. The van der Waals surface area contributed by atoms with E-state index in [0.717, 1.165) is 28.9 Å². The first-order valence-corrected chi connectivity index (χ1v) is 7.38. The fourth-order valence-electron chi connectivity index (χ4n) is 2.97. The summed E-state index contributed by atoms with van der Waals surface area (Å²) in [7, 11) is 1.65. The van der Waals surface area contributed by atoms with Gasteiger partial charge in [-0.2, -0.15) is 0 Å². The molecule has 0 fully saturated rings. The van der Waals surface area contributed by atoms with Gasteiger partial charge in [0.05, 0.1) is 13.2 Å². The van der Waals surface area contributed by atoms with Gasteiger partial charge < -0.3 is 9.64 Å². The lowest BCUT2D eigenvalue weighted by molar-refractivity contribution is 0.0711. The van der Waals surface area contributed by atoms with Crippen molar-refractivity contribution in [3.8, 4) is 5.75 Å². The number of hydrogen-bond acceptors (Lipinski definition) is 2. The SMILES string of the molecule is C=CCC1c2ccccc2C(=O)N1Cc1ccc(OC)cc1. The molecule has 2 aromatic carbocycles. The highest BCUT2D eigenvalue weighted by atomic mass is 16.5. The number of methoxy groups -OCH3 is 1. The van der Waals surface area contributed by atoms with Crippen LogP contribution in [0, 0.1) is 0 Å². The van der Waals surface area contributed by atoms with Gasteiger partial charge in [-0.05, 0) is 35.7 Å². The van der Waals surface area contributed by atoms with E-state index in [4.69, 9.17) is 4.74 Å². The summed E-state index contributed by atoms with van der Waals surface area (Å²) in [5.41, 5.74) is 3.00. The fourth-order valence-corrected chi connectivity index (χ4v) is 2.97. The van der Waals surface area contributed by atoms with E-state index in [1.54, 1.807) is 7.11 Å². The zero-order valence-electron chi connectivity index (χ0n) is 12.7. The summed E-state index contributed by atoms with van der Waals surface area (Å²) in [4.78, 5) is 14.6. The Hall–Kier alpha value is -2.55. The number of nitrogens with zero attached hydrogens (tertiary/aromatic N) is 1. The van der Waals surface area contributed by atoms with Crippen molar-refractivity contribution in [2.75, 3.05) is 7.11 Å². The molecule has 3 heteroatoms. The highest BCUT2D eigenvalue weighted by Gasteiger charge is 2.35. The summed E-state index contributed by atoms with van der Waals surface area (Å²) in [6.07, 6.45) is 2.64. The van der Waals surface area contributed by atoms with E-state index in [9.17, 15) is 4.79 Å². The molecule has 3 nitrogen and oxygen atoms in total. The molecule has 0 spiro atoms. The number of benzene rings is 2. The van der Waals surface area contributed by atoms with Crippen molar-refractivity contribution in [2.45, 2.75) is 19.0 Å². The van der Waals surface area contributed by atoms with E-state index >= 15 is 0 Å². The minimum atomic E-state index is 0.0725. The summed E-state index contributed by atoms with van der Waals surface area (Å²) >= 11 is 0. The van der Waals surface area contributed by atoms with Gasteiger partial charge in [-0.15, -0.1) is 6.58 Å². The third-order valence-electron chi connectivity index (χ3n) is 4.09. The molecule has 0 N–H and O–H groups in total. The van der Waals surface area contributed by atoms with Gasteiger partial charge in [-0.3, -0.25) is 4.79 Å². The third-order valence-corrected chi connectivity index (χ3v) is 4.09. The van der Waals surface area contributed by atoms with E-state index in [1.807, 2.05) is 59.5 Å². The number of carbonyl (C=O) groups excluding carboxylic acids is 1. The topological polar surface area (TPSA) is 29.5 Å². The maximum atomic E-state index is 12.7. The fraction of sp³-hybridized carbons (Fsp3) is 0.211. The van der Waals surface area contributed by atoms with Crippen molar-refractivity contribution in [3.63, 3.8) is 0 Å². The van der Waals surface area contributed by atoms with E-state index < -0.39 is 0 Å². The van der Waals surface area contributed by atoms with Crippen LogP contribution in [0.1, 0.15) is 33.9 Å². The van der Waals surface area contributed by atoms with Gasteiger partial charge >= 0.3 is 0 Å². The highest BCUT2D eigenvalue weighted by Crippen LogP contribution is 2.37. The molecule has 22 heavy (non-hydrogen) atoms. The van der Waals surface area contributed by atoms with Gasteiger partial charge in [0.2, 0.25) is 0 Å². The lowest BCUT2D eigenvalue weighted by Gasteiger charge is -2.24.